The third-order valence-corrected chi connectivity index (χ3v) is 4.22. The molecule has 0 spiro atoms. The molecule has 1 N–H and O–H groups in total. The number of hydrogen-bond acceptors (Lipinski definition) is 4. The van der Waals surface area contributed by atoms with Crippen LogP contribution in [0.3, 0.4) is 0 Å². The zero-order valence-corrected chi connectivity index (χ0v) is 13.7. The first-order valence-electron chi connectivity index (χ1n) is 8.20. The first-order valence-corrected chi connectivity index (χ1v) is 8.20. The Morgan fingerprint density at radius 2 is 1.76 bits per heavy atom. The van der Waals surface area contributed by atoms with E-state index in [0.717, 1.165) is 64.8 Å². The standard InChI is InChI=1S/C16H30N2O3/c1-15(2,3)21-14(19)18-12-10-17(11-13-18)9-5-4-6-16(20)7-8-16/h20H,4-13H2,1-3H3. The number of unbranched alkanes of at least 4 members (excludes halogenated alkanes) is 1. The molecule has 2 aliphatic rings. The summed E-state index contributed by atoms with van der Waals surface area (Å²) < 4.78 is 5.40. The molecular weight excluding hydrogens is 268 g/mol. The van der Waals surface area contributed by atoms with E-state index in [1.165, 1.54) is 0 Å². The zero-order chi connectivity index (χ0) is 15.5. The summed E-state index contributed by atoms with van der Waals surface area (Å²) in [6, 6.07) is 0. The number of nitrogens with zero attached hydrogens (tertiary/aromatic N) is 2. The Hall–Kier alpha value is -0.810. The van der Waals surface area contributed by atoms with Gasteiger partial charge in [0.2, 0.25) is 0 Å². The van der Waals surface area contributed by atoms with Crippen molar-refractivity contribution in [2.45, 2.75) is 64.1 Å². The minimum Gasteiger partial charge on any atom is -0.444 e. The molecule has 0 aromatic carbocycles. The lowest BCUT2D eigenvalue weighted by molar-refractivity contribution is 0.0143. The molecule has 2 fully saturated rings. The first kappa shape index (κ1) is 16.6. The molecule has 1 saturated heterocycles. The van der Waals surface area contributed by atoms with Crippen molar-refractivity contribution in [1.82, 2.24) is 9.80 Å². The number of amides is 1. The summed E-state index contributed by atoms with van der Waals surface area (Å²) in [6.07, 6.45) is 4.96. The van der Waals surface area contributed by atoms with Crippen LogP contribution in [0.2, 0.25) is 0 Å². The highest BCUT2D eigenvalue weighted by atomic mass is 16.6. The molecule has 5 heteroatoms. The van der Waals surface area contributed by atoms with Gasteiger partial charge in [-0.15, -0.1) is 0 Å². The summed E-state index contributed by atoms with van der Waals surface area (Å²) in [6.45, 7) is 10.1. The number of carbonyl (C=O) groups is 1. The second-order valence-corrected chi connectivity index (χ2v) is 7.49. The van der Waals surface area contributed by atoms with Crippen LogP contribution in [-0.4, -0.2) is 64.9 Å². The molecule has 1 amide bonds. The molecule has 1 heterocycles. The third-order valence-electron chi connectivity index (χ3n) is 4.22. The van der Waals surface area contributed by atoms with Crippen LogP contribution in [0.15, 0.2) is 0 Å². The molecule has 0 bridgehead atoms. The molecule has 1 aliphatic heterocycles. The lowest BCUT2D eigenvalue weighted by atomic mass is 10.1. The normalized spacial score (nSPS) is 22.2. The summed E-state index contributed by atoms with van der Waals surface area (Å²) in [7, 11) is 0. The number of piperazine rings is 1. The molecule has 2 rings (SSSR count). The van der Waals surface area contributed by atoms with Crippen LogP contribution >= 0.6 is 0 Å². The van der Waals surface area contributed by atoms with Crippen molar-refractivity contribution in [3.63, 3.8) is 0 Å². The zero-order valence-electron chi connectivity index (χ0n) is 13.7. The maximum atomic E-state index is 12.0. The van der Waals surface area contributed by atoms with Crippen LogP contribution < -0.4 is 0 Å². The van der Waals surface area contributed by atoms with E-state index in [2.05, 4.69) is 4.90 Å². The van der Waals surface area contributed by atoms with Crippen molar-refractivity contribution in [3.8, 4) is 0 Å². The van der Waals surface area contributed by atoms with E-state index < -0.39 is 5.60 Å². The number of ether oxygens (including phenoxy) is 1. The number of hydrogen-bond donors (Lipinski definition) is 1. The minimum atomic E-state index is -0.419. The van der Waals surface area contributed by atoms with E-state index in [0.29, 0.717) is 0 Å². The topological polar surface area (TPSA) is 53.0 Å². The molecule has 5 nitrogen and oxygen atoms in total. The Morgan fingerprint density at radius 3 is 2.29 bits per heavy atom. The predicted molar refractivity (Wildman–Crippen MR) is 82.3 cm³/mol. The van der Waals surface area contributed by atoms with Gasteiger partial charge in [0.05, 0.1) is 5.60 Å². The Morgan fingerprint density at radius 1 is 1.14 bits per heavy atom. The van der Waals surface area contributed by atoms with E-state index in [1.807, 2.05) is 20.8 Å². The van der Waals surface area contributed by atoms with E-state index in [1.54, 1.807) is 4.90 Å². The van der Waals surface area contributed by atoms with Crippen molar-refractivity contribution in [3.05, 3.63) is 0 Å². The van der Waals surface area contributed by atoms with Crippen molar-refractivity contribution in [2.75, 3.05) is 32.7 Å². The lowest BCUT2D eigenvalue weighted by Crippen LogP contribution is -2.50. The van der Waals surface area contributed by atoms with Crippen molar-refractivity contribution < 1.29 is 14.6 Å². The summed E-state index contributed by atoms with van der Waals surface area (Å²) >= 11 is 0. The smallest absolute Gasteiger partial charge is 0.410 e. The van der Waals surface area contributed by atoms with Crippen molar-refractivity contribution in [1.29, 1.82) is 0 Å². The molecule has 0 radical (unpaired) electrons. The number of rotatable bonds is 5. The van der Waals surface area contributed by atoms with Gasteiger partial charge in [0.25, 0.3) is 0 Å². The van der Waals surface area contributed by atoms with Crippen LogP contribution in [0.4, 0.5) is 4.79 Å². The van der Waals surface area contributed by atoms with Gasteiger partial charge < -0.3 is 14.7 Å². The Bertz CT molecular complexity index is 353. The fourth-order valence-electron chi connectivity index (χ4n) is 2.66. The third kappa shape index (κ3) is 5.83. The van der Waals surface area contributed by atoms with Gasteiger partial charge in [0.1, 0.15) is 5.60 Å². The molecule has 122 valence electrons. The van der Waals surface area contributed by atoms with Gasteiger partial charge in [-0.05, 0) is 59.4 Å². The second-order valence-electron chi connectivity index (χ2n) is 7.49. The maximum absolute atomic E-state index is 12.0. The van der Waals surface area contributed by atoms with Crippen LogP contribution in [-0.2, 0) is 4.74 Å². The van der Waals surface area contributed by atoms with Crippen LogP contribution in [0, 0.1) is 0 Å². The molecule has 1 aliphatic carbocycles. The minimum absolute atomic E-state index is 0.196. The van der Waals surface area contributed by atoms with Gasteiger partial charge in [-0.25, -0.2) is 4.79 Å². The van der Waals surface area contributed by atoms with Crippen LogP contribution in [0.5, 0.6) is 0 Å². The average molecular weight is 298 g/mol. The number of aliphatic hydroxyl groups is 1. The molecule has 0 aromatic heterocycles. The van der Waals surface area contributed by atoms with Crippen LogP contribution in [0.1, 0.15) is 52.9 Å². The second kappa shape index (κ2) is 6.53. The van der Waals surface area contributed by atoms with Crippen molar-refractivity contribution >= 4 is 6.09 Å². The summed E-state index contributed by atoms with van der Waals surface area (Å²) in [5.41, 5.74) is -0.729. The summed E-state index contributed by atoms with van der Waals surface area (Å²) in [5.74, 6) is 0. The van der Waals surface area contributed by atoms with Gasteiger partial charge in [-0.2, -0.15) is 0 Å². The number of carbonyl (C=O) groups excluding carboxylic acids is 1. The fourth-order valence-corrected chi connectivity index (χ4v) is 2.66. The average Bonchev–Trinajstić information content (AvgIpc) is 3.12. The SMILES string of the molecule is CC(C)(C)OC(=O)N1CCN(CCCCC2(O)CC2)CC1. The first-order chi connectivity index (χ1) is 9.77. The van der Waals surface area contributed by atoms with E-state index in [4.69, 9.17) is 4.74 Å². The quantitative estimate of drug-likeness (QED) is 0.791. The molecule has 0 aromatic rings. The summed E-state index contributed by atoms with van der Waals surface area (Å²) in [4.78, 5) is 16.2. The van der Waals surface area contributed by atoms with Gasteiger partial charge in [0.15, 0.2) is 0 Å². The predicted octanol–water partition coefficient (Wildman–Crippen LogP) is 2.23. The fraction of sp³-hybridized carbons (Fsp3) is 0.938. The van der Waals surface area contributed by atoms with Gasteiger partial charge >= 0.3 is 6.09 Å². The molecule has 0 unspecified atom stereocenters. The van der Waals surface area contributed by atoms with Crippen molar-refractivity contribution in [2.24, 2.45) is 0 Å². The van der Waals surface area contributed by atoms with Gasteiger partial charge in [-0.3, -0.25) is 4.90 Å². The monoisotopic (exact) mass is 298 g/mol. The highest BCUT2D eigenvalue weighted by Crippen LogP contribution is 2.39. The highest BCUT2D eigenvalue weighted by molar-refractivity contribution is 5.68. The van der Waals surface area contributed by atoms with Gasteiger partial charge in [0, 0.05) is 26.2 Å². The van der Waals surface area contributed by atoms with Crippen LogP contribution in [0.25, 0.3) is 0 Å². The summed E-state index contributed by atoms with van der Waals surface area (Å²) in [5, 5.41) is 9.78. The molecular formula is C16H30N2O3. The van der Waals surface area contributed by atoms with Gasteiger partial charge in [-0.1, -0.05) is 0 Å². The maximum Gasteiger partial charge on any atom is 0.410 e. The molecule has 21 heavy (non-hydrogen) atoms. The molecule has 1 saturated carbocycles. The largest absolute Gasteiger partial charge is 0.444 e. The van der Waals surface area contributed by atoms with E-state index >= 15 is 0 Å². The lowest BCUT2D eigenvalue weighted by Gasteiger charge is -2.35. The molecule has 0 atom stereocenters. The highest BCUT2D eigenvalue weighted by Gasteiger charge is 2.39. The van der Waals surface area contributed by atoms with E-state index in [9.17, 15) is 9.90 Å². The Balaban J connectivity index is 1.58. The Kier molecular flexibility index (Phi) is 5.15. The Labute approximate surface area is 128 Å². The van der Waals surface area contributed by atoms with E-state index in [-0.39, 0.29) is 11.7 Å².